The Hall–Kier alpha value is -1.12. The molecule has 1 saturated carbocycles. The molecule has 0 aromatic heterocycles. The molecule has 0 spiro atoms. The van der Waals surface area contributed by atoms with Gasteiger partial charge in [-0.05, 0) is 30.7 Å². The first-order valence-corrected chi connectivity index (χ1v) is 7.71. The molecular formula is C18H24O2. The van der Waals surface area contributed by atoms with E-state index < -0.39 is 11.5 Å². The monoisotopic (exact) mass is 272 g/mol. The van der Waals surface area contributed by atoms with Crippen molar-refractivity contribution in [2.75, 3.05) is 6.61 Å². The van der Waals surface area contributed by atoms with Crippen molar-refractivity contribution >= 4 is 0 Å². The lowest BCUT2D eigenvalue weighted by molar-refractivity contribution is -0.0220. The summed E-state index contributed by atoms with van der Waals surface area (Å²) in [4.78, 5) is 0. The Kier molecular flexibility index (Phi) is 3.70. The molecule has 2 nitrogen and oxygen atoms in total. The van der Waals surface area contributed by atoms with Crippen molar-refractivity contribution in [2.45, 2.75) is 44.6 Å². The van der Waals surface area contributed by atoms with Crippen molar-refractivity contribution in [3.05, 3.63) is 47.5 Å². The van der Waals surface area contributed by atoms with Crippen LogP contribution >= 0.6 is 0 Å². The smallest absolute Gasteiger partial charge is 0.0805 e. The van der Waals surface area contributed by atoms with E-state index in [0.717, 1.165) is 6.42 Å². The Morgan fingerprint density at radius 1 is 1.20 bits per heavy atom. The number of fused-ring (bicyclic) bond motifs is 1. The summed E-state index contributed by atoms with van der Waals surface area (Å²) in [5, 5.41) is 20.5. The van der Waals surface area contributed by atoms with Crippen molar-refractivity contribution in [1.29, 1.82) is 0 Å². The highest BCUT2D eigenvalue weighted by molar-refractivity contribution is 5.33. The van der Waals surface area contributed by atoms with Crippen LogP contribution in [0, 0.1) is 11.3 Å². The average Bonchev–Trinajstić information content (AvgIpc) is 2.49. The molecular weight excluding hydrogens is 248 g/mol. The third-order valence-electron chi connectivity index (χ3n) is 5.37. The van der Waals surface area contributed by atoms with E-state index in [9.17, 15) is 10.2 Å². The normalized spacial score (nSPS) is 37.1. The standard InChI is InChI=1S/C18H24O2/c1-18(12-19)16(20)11-14-9-5-6-10-15(14)17(18)13-7-3-2-4-8-13/h2-4,7-8,11,15-17,19-20H,5-6,9-10,12H2,1H3/t15-,16+,17?,18+/m0/s1. The van der Waals surface area contributed by atoms with Crippen LogP contribution in [0.3, 0.4) is 0 Å². The van der Waals surface area contributed by atoms with Gasteiger partial charge in [0.1, 0.15) is 0 Å². The molecule has 0 heterocycles. The number of hydrogen-bond donors (Lipinski definition) is 2. The minimum atomic E-state index is -0.554. The first-order chi connectivity index (χ1) is 9.66. The third-order valence-corrected chi connectivity index (χ3v) is 5.37. The summed E-state index contributed by atoms with van der Waals surface area (Å²) < 4.78 is 0. The zero-order valence-corrected chi connectivity index (χ0v) is 12.1. The Morgan fingerprint density at radius 3 is 2.65 bits per heavy atom. The maximum Gasteiger partial charge on any atom is 0.0805 e. The largest absolute Gasteiger partial charge is 0.396 e. The minimum Gasteiger partial charge on any atom is -0.396 e. The van der Waals surface area contributed by atoms with Gasteiger partial charge in [-0.3, -0.25) is 0 Å². The predicted molar refractivity (Wildman–Crippen MR) is 80.4 cm³/mol. The van der Waals surface area contributed by atoms with Crippen LogP contribution in [-0.2, 0) is 0 Å². The average molecular weight is 272 g/mol. The zero-order chi connectivity index (χ0) is 14.2. The van der Waals surface area contributed by atoms with E-state index in [1.807, 2.05) is 19.1 Å². The van der Waals surface area contributed by atoms with Gasteiger partial charge in [0.2, 0.25) is 0 Å². The SMILES string of the molecule is C[C@]1(CO)C(c2ccccc2)[C@H]2CCCCC2=C[C@H]1O. The van der Waals surface area contributed by atoms with Crippen LogP contribution in [0.25, 0.3) is 0 Å². The fraction of sp³-hybridized carbons (Fsp3) is 0.556. The lowest BCUT2D eigenvalue weighted by atomic mass is 9.57. The molecule has 108 valence electrons. The van der Waals surface area contributed by atoms with Crippen molar-refractivity contribution in [3.63, 3.8) is 0 Å². The van der Waals surface area contributed by atoms with Gasteiger partial charge in [0.25, 0.3) is 0 Å². The molecule has 1 fully saturated rings. The first kappa shape index (κ1) is 13.8. The Bertz CT molecular complexity index is 493. The number of allylic oxidation sites excluding steroid dienone is 1. The van der Waals surface area contributed by atoms with Crippen LogP contribution in [0.5, 0.6) is 0 Å². The summed E-state index contributed by atoms with van der Waals surface area (Å²) in [6.07, 6.45) is 6.23. The molecule has 2 N–H and O–H groups in total. The summed E-state index contributed by atoms with van der Waals surface area (Å²) >= 11 is 0. The molecule has 4 atom stereocenters. The van der Waals surface area contributed by atoms with Crippen LogP contribution in [0.4, 0.5) is 0 Å². The maximum atomic E-state index is 10.6. The molecule has 0 saturated heterocycles. The summed E-state index contributed by atoms with van der Waals surface area (Å²) in [6, 6.07) is 10.4. The van der Waals surface area contributed by atoms with Crippen molar-refractivity contribution in [1.82, 2.24) is 0 Å². The van der Waals surface area contributed by atoms with E-state index in [1.165, 1.54) is 30.4 Å². The molecule has 1 aromatic rings. The van der Waals surface area contributed by atoms with Crippen LogP contribution < -0.4 is 0 Å². The van der Waals surface area contributed by atoms with Crippen LogP contribution in [0.2, 0.25) is 0 Å². The van der Waals surface area contributed by atoms with Gasteiger partial charge in [-0.25, -0.2) is 0 Å². The number of hydrogen-bond acceptors (Lipinski definition) is 2. The molecule has 2 heteroatoms. The second kappa shape index (κ2) is 5.34. The molecule has 2 aliphatic rings. The van der Waals surface area contributed by atoms with Crippen LogP contribution in [0.1, 0.15) is 44.1 Å². The van der Waals surface area contributed by atoms with Gasteiger partial charge in [-0.2, -0.15) is 0 Å². The summed E-state index contributed by atoms with van der Waals surface area (Å²) in [5.74, 6) is 0.690. The summed E-state index contributed by atoms with van der Waals surface area (Å²) in [7, 11) is 0. The number of aliphatic hydroxyl groups excluding tert-OH is 2. The lowest BCUT2D eigenvalue weighted by Gasteiger charge is -2.49. The zero-order valence-electron chi connectivity index (χ0n) is 12.1. The molecule has 2 aliphatic carbocycles. The Morgan fingerprint density at radius 2 is 1.95 bits per heavy atom. The molecule has 1 aromatic carbocycles. The number of aliphatic hydroxyl groups is 2. The highest BCUT2D eigenvalue weighted by atomic mass is 16.3. The second-order valence-electron chi connectivity index (χ2n) is 6.59. The molecule has 1 unspecified atom stereocenters. The molecule has 20 heavy (non-hydrogen) atoms. The van der Waals surface area contributed by atoms with E-state index in [0.29, 0.717) is 5.92 Å². The van der Waals surface area contributed by atoms with E-state index in [4.69, 9.17) is 0 Å². The fourth-order valence-electron chi connectivity index (χ4n) is 4.15. The second-order valence-corrected chi connectivity index (χ2v) is 6.59. The molecule has 0 amide bonds. The van der Waals surface area contributed by atoms with Gasteiger partial charge in [0.05, 0.1) is 12.7 Å². The van der Waals surface area contributed by atoms with E-state index in [1.54, 1.807) is 0 Å². The fourth-order valence-corrected chi connectivity index (χ4v) is 4.15. The van der Waals surface area contributed by atoms with Gasteiger partial charge in [0.15, 0.2) is 0 Å². The van der Waals surface area contributed by atoms with E-state index >= 15 is 0 Å². The number of rotatable bonds is 2. The predicted octanol–water partition coefficient (Wildman–Crippen LogP) is 3.26. The highest BCUT2D eigenvalue weighted by Gasteiger charge is 2.48. The molecule has 0 aliphatic heterocycles. The molecule has 0 radical (unpaired) electrons. The van der Waals surface area contributed by atoms with E-state index in [2.05, 4.69) is 24.3 Å². The third kappa shape index (κ3) is 2.11. The van der Waals surface area contributed by atoms with Crippen LogP contribution in [0.15, 0.2) is 42.0 Å². The maximum absolute atomic E-state index is 10.6. The Labute approximate surface area is 121 Å². The van der Waals surface area contributed by atoms with Crippen molar-refractivity contribution < 1.29 is 10.2 Å². The van der Waals surface area contributed by atoms with Gasteiger partial charge in [-0.15, -0.1) is 0 Å². The van der Waals surface area contributed by atoms with E-state index in [-0.39, 0.29) is 12.5 Å². The van der Waals surface area contributed by atoms with Crippen molar-refractivity contribution in [2.24, 2.45) is 11.3 Å². The molecule has 0 bridgehead atoms. The summed E-state index contributed by atoms with van der Waals surface area (Å²) in [5.41, 5.74) is 2.18. The Balaban J connectivity index is 2.08. The number of benzene rings is 1. The van der Waals surface area contributed by atoms with Gasteiger partial charge in [0, 0.05) is 11.3 Å². The van der Waals surface area contributed by atoms with Crippen molar-refractivity contribution in [3.8, 4) is 0 Å². The quantitative estimate of drug-likeness (QED) is 0.811. The molecule has 3 rings (SSSR count). The van der Waals surface area contributed by atoms with Gasteiger partial charge >= 0.3 is 0 Å². The first-order valence-electron chi connectivity index (χ1n) is 7.71. The van der Waals surface area contributed by atoms with Gasteiger partial charge < -0.3 is 10.2 Å². The minimum absolute atomic E-state index is 0.0218. The lowest BCUT2D eigenvalue weighted by Crippen LogP contribution is -2.47. The van der Waals surface area contributed by atoms with Crippen LogP contribution in [-0.4, -0.2) is 22.9 Å². The highest BCUT2D eigenvalue weighted by Crippen LogP contribution is 2.53. The van der Waals surface area contributed by atoms with Gasteiger partial charge in [-0.1, -0.05) is 55.3 Å². The summed E-state index contributed by atoms with van der Waals surface area (Å²) in [6.45, 7) is 2.05. The topological polar surface area (TPSA) is 40.5 Å².